The second-order valence-electron chi connectivity index (χ2n) is 13.8. The van der Waals surface area contributed by atoms with Crippen molar-refractivity contribution >= 4 is 15.2 Å². The van der Waals surface area contributed by atoms with Gasteiger partial charge < -0.3 is 19.6 Å². The van der Waals surface area contributed by atoms with Crippen molar-refractivity contribution in [2.75, 3.05) is 0 Å². The van der Waals surface area contributed by atoms with Gasteiger partial charge >= 0.3 is 15.2 Å². The van der Waals surface area contributed by atoms with Gasteiger partial charge in [-0.3, -0.25) is 9.13 Å². The van der Waals surface area contributed by atoms with E-state index in [1.165, 1.54) is 89.9 Å². The van der Waals surface area contributed by atoms with E-state index in [0.29, 0.717) is 11.1 Å². The van der Waals surface area contributed by atoms with Gasteiger partial charge in [-0.25, -0.2) is 0 Å². The number of benzene rings is 2. The van der Waals surface area contributed by atoms with E-state index < -0.39 is 20.1 Å². The molecule has 0 saturated carbocycles. The molecule has 4 N–H and O–H groups in total. The molecule has 0 aliphatic rings. The molecule has 0 unspecified atom stereocenters. The maximum atomic E-state index is 13.2. The van der Waals surface area contributed by atoms with E-state index in [2.05, 4.69) is 13.8 Å². The lowest BCUT2D eigenvalue weighted by Crippen LogP contribution is -2.35. The first-order valence-corrected chi connectivity index (χ1v) is 22.0. The quantitative estimate of drug-likeness (QED) is 0.0521. The fourth-order valence-corrected chi connectivity index (χ4v) is 9.67. The Morgan fingerprint density at radius 3 is 0.957 bits per heavy atom. The zero-order chi connectivity index (χ0) is 34.4. The van der Waals surface area contributed by atoms with E-state index in [4.69, 9.17) is 0 Å². The molecule has 8 heteroatoms. The zero-order valence-electron chi connectivity index (χ0n) is 29.6. The van der Waals surface area contributed by atoms with Crippen LogP contribution in [0.15, 0.2) is 48.5 Å². The SMILES string of the molecule is CCCCCCCCCCCCc1ccccc1CC(Cc1ccccc1CCCCCCCCCCCC)(P(=O)(O)O)P(=O)(O)O. The van der Waals surface area contributed by atoms with Gasteiger partial charge in [0.1, 0.15) is 0 Å². The molecule has 2 rings (SSSR count). The maximum absolute atomic E-state index is 13.2. The number of rotatable bonds is 28. The van der Waals surface area contributed by atoms with Crippen LogP contribution in [0, 0.1) is 0 Å². The molecule has 0 aliphatic carbocycles. The molecule has 268 valence electrons. The summed E-state index contributed by atoms with van der Waals surface area (Å²) in [6, 6.07) is 14.8. The van der Waals surface area contributed by atoms with Gasteiger partial charge in [0.15, 0.2) is 4.90 Å². The third-order valence-electron chi connectivity index (χ3n) is 9.87. The Morgan fingerprint density at radius 2 is 0.681 bits per heavy atom. The van der Waals surface area contributed by atoms with Crippen molar-refractivity contribution in [1.82, 2.24) is 0 Å². The largest absolute Gasteiger partial charge is 0.344 e. The summed E-state index contributed by atoms with van der Waals surface area (Å²) in [7, 11) is -10.5. The normalized spacial score (nSPS) is 12.6. The van der Waals surface area contributed by atoms with E-state index in [0.717, 1.165) is 62.5 Å². The first kappa shape index (κ1) is 41.9. The minimum atomic E-state index is -5.27. The predicted molar refractivity (Wildman–Crippen MR) is 198 cm³/mol. The molecule has 0 atom stereocenters. The summed E-state index contributed by atoms with van der Waals surface area (Å²) in [4.78, 5) is 40.3. The Bertz CT molecular complexity index is 1110. The van der Waals surface area contributed by atoms with E-state index in [1.807, 2.05) is 24.3 Å². The van der Waals surface area contributed by atoms with E-state index in [1.54, 1.807) is 24.3 Å². The van der Waals surface area contributed by atoms with Crippen LogP contribution in [0.5, 0.6) is 0 Å². The van der Waals surface area contributed by atoms with Crippen LogP contribution in [0.3, 0.4) is 0 Å². The molecular formula is C39H66O6P2. The van der Waals surface area contributed by atoms with Crippen LogP contribution in [0.25, 0.3) is 0 Å². The highest BCUT2D eigenvalue weighted by Gasteiger charge is 2.60. The lowest BCUT2D eigenvalue weighted by Gasteiger charge is -2.36. The average Bonchev–Trinajstić information content (AvgIpc) is 3.02. The van der Waals surface area contributed by atoms with Crippen LogP contribution in [-0.2, 0) is 34.8 Å². The molecule has 2 aromatic carbocycles. The molecule has 0 bridgehead atoms. The molecule has 0 spiro atoms. The van der Waals surface area contributed by atoms with Crippen LogP contribution >= 0.6 is 15.2 Å². The van der Waals surface area contributed by atoms with Gasteiger partial charge in [0.25, 0.3) is 0 Å². The van der Waals surface area contributed by atoms with Gasteiger partial charge in [-0.15, -0.1) is 0 Å². The molecule has 0 aromatic heterocycles. The fourth-order valence-electron chi connectivity index (χ4n) is 6.81. The first-order valence-electron chi connectivity index (χ1n) is 18.8. The van der Waals surface area contributed by atoms with E-state index >= 15 is 0 Å². The zero-order valence-corrected chi connectivity index (χ0v) is 31.4. The number of aryl methyl sites for hydroxylation is 2. The Labute approximate surface area is 286 Å². The average molecular weight is 693 g/mol. The topological polar surface area (TPSA) is 115 Å². The minimum Gasteiger partial charge on any atom is -0.324 e. The highest BCUT2D eigenvalue weighted by Crippen LogP contribution is 2.71. The molecule has 6 nitrogen and oxygen atoms in total. The Balaban J connectivity index is 2.07. The molecule has 0 heterocycles. The minimum absolute atomic E-state index is 0.373. The molecular weight excluding hydrogens is 626 g/mol. The summed E-state index contributed by atoms with van der Waals surface area (Å²) < 4.78 is 26.4. The molecule has 0 fully saturated rings. The van der Waals surface area contributed by atoms with Crippen LogP contribution in [0.1, 0.15) is 165 Å². The van der Waals surface area contributed by atoms with Crippen molar-refractivity contribution in [2.24, 2.45) is 0 Å². The smallest absolute Gasteiger partial charge is 0.324 e. The summed E-state index contributed by atoms with van der Waals surface area (Å²) >= 11 is 0. The fraction of sp³-hybridized carbons (Fsp3) is 0.692. The number of unbranched alkanes of at least 4 members (excludes halogenated alkanes) is 18. The van der Waals surface area contributed by atoms with Gasteiger partial charge in [-0.2, -0.15) is 0 Å². The molecule has 0 saturated heterocycles. The van der Waals surface area contributed by atoms with Crippen LogP contribution in [-0.4, -0.2) is 24.5 Å². The Morgan fingerprint density at radius 1 is 0.426 bits per heavy atom. The third kappa shape index (κ3) is 15.4. The van der Waals surface area contributed by atoms with E-state index in [9.17, 15) is 28.7 Å². The van der Waals surface area contributed by atoms with Gasteiger partial charge in [0.2, 0.25) is 0 Å². The summed E-state index contributed by atoms with van der Waals surface area (Å²) in [6.07, 6.45) is 25.0. The highest BCUT2D eigenvalue weighted by molar-refractivity contribution is 7.72. The molecule has 47 heavy (non-hydrogen) atoms. The van der Waals surface area contributed by atoms with Crippen LogP contribution < -0.4 is 0 Å². The molecule has 0 radical (unpaired) electrons. The highest BCUT2D eigenvalue weighted by atomic mass is 31.2. The van der Waals surface area contributed by atoms with Crippen molar-refractivity contribution < 1.29 is 28.7 Å². The molecule has 2 aromatic rings. The van der Waals surface area contributed by atoms with Gasteiger partial charge in [-0.1, -0.05) is 178 Å². The van der Waals surface area contributed by atoms with Crippen molar-refractivity contribution in [2.45, 2.75) is 173 Å². The Hall–Kier alpha value is -1.26. The third-order valence-corrected chi connectivity index (χ3v) is 14.2. The lowest BCUT2D eigenvalue weighted by molar-refractivity contribution is 0.304. The standard InChI is InChI=1S/C39H66O6P2/c1-3-5-7-9-11-13-15-17-19-21-27-35-29-23-25-31-37(35)33-39(46(40,41)42,47(43,44)45)34-38-32-26-24-30-36(38)28-22-20-18-16-14-12-10-8-6-4-2/h23-26,29-32H,3-22,27-28,33-34H2,1-2H3,(H2,40,41,42)(H2,43,44,45). The van der Waals surface area contributed by atoms with Crippen molar-refractivity contribution in [3.05, 3.63) is 70.8 Å². The number of hydrogen-bond acceptors (Lipinski definition) is 2. The predicted octanol–water partition coefficient (Wildman–Crippen LogP) is 11.5. The van der Waals surface area contributed by atoms with Gasteiger partial charge in [0.05, 0.1) is 0 Å². The Kier molecular flexibility index (Phi) is 20.7. The lowest BCUT2D eigenvalue weighted by atomic mass is 9.93. The summed E-state index contributed by atoms with van der Waals surface area (Å²) in [5.74, 6) is 0. The van der Waals surface area contributed by atoms with Gasteiger partial charge in [0, 0.05) is 12.8 Å². The number of hydrogen-bond donors (Lipinski definition) is 4. The van der Waals surface area contributed by atoms with Gasteiger partial charge in [-0.05, 0) is 47.9 Å². The van der Waals surface area contributed by atoms with Crippen molar-refractivity contribution in [3.8, 4) is 0 Å². The second-order valence-corrected chi connectivity index (χ2v) is 18.1. The summed E-state index contributed by atoms with van der Waals surface area (Å²) in [6.45, 7) is 4.46. The van der Waals surface area contributed by atoms with Crippen LogP contribution in [0.4, 0.5) is 0 Å². The maximum Gasteiger partial charge on any atom is 0.344 e. The van der Waals surface area contributed by atoms with Crippen molar-refractivity contribution in [3.63, 3.8) is 0 Å². The summed E-state index contributed by atoms with van der Waals surface area (Å²) in [5.41, 5.74) is 3.05. The monoisotopic (exact) mass is 692 g/mol. The first-order chi connectivity index (χ1) is 22.6. The molecule has 0 aliphatic heterocycles. The van der Waals surface area contributed by atoms with Crippen molar-refractivity contribution in [1.29, 1.82) is 0 Å². The second kappa shape index (κ2) is 23.2. The van der Waals surface area contributed by atoms with E-state index in [-0.39, 0.29) is 12.8 Å². The molecule has 0 amide bonds. The van der Waals surface area contributed by atoms with Crippen LogP contribution in [0.2, 0.25) is 0 Å². The summed E-state index contributed by atoms with van der Waals surface area (Å²) in [5, 5.41) is 0.